The van der Waals surface area contributed by atoms with Crippen LogP contribution in [0.3, 0.4) is 0 Å². The summed E-state index contributed by atoms with van der Waals surface area (Å²) in [5.41, 5.74) is 2.78. The van der Waals surface area contributed by atoms with Crippen molar-refractivity contribution >= 4 is 24.3 Å². The molecule has 0 saturated carbocycles. The number of ether oxygens (including phenoxy) is 2. The molecule has 0 fully saturated rings. The first-order chi connectivity index (χ1) is 20.6. The SMILES string of the molecule is COc1cccc(OC)c1-n1c(NS(=O)(=O)[C@H](C)[C@H](O[Si](C)(C)C(C)(C)C)c2ncc(C)cn2)nnc1-c1cncc(C)c1. The molecule has 4 rings (SSSR count). The largest absolute Gasteiger partial charge is 0.494 e. The van der Waals surface area contributed by atoms with Gasteiger partial charge in [-0.1, -0.05) is 26.8 Å². The molecule has 0 aliphatic rings. The first-order valence-electron chi connectivity index (χ1n) is 14.2. The van der Waals surface area contributed by atoms with Crippen LogP contribution in [0.4, 0.5) is 5.95 Å². The molecule has 14 heteroatoms. The van der Waals surface area contributed by atoms with Crippen LogP contribution < -0.4 is 14.2 Å². The lowest BCUT2D eigenvalue weighted by atomic mass is 10.2. The quantitative estimate of drug-likeness (QED) is 0.205. The lowest BCUT2D eigenvalue weighted by Crippen LogP contribution is -2.45. The normalized spacial score (nSPS) is 13.8. The second-order valence-corrected chi connectivity index (χ2v) is 19.0. The summed E-state index contributed by atoms with van der Waals surface area (Å²) in [5.74, 6) is 1.41. The number of para-hydroxylation sites is 1. The molecule has 236 valence electrons. The zero-order chi connectivity index (χ0) is 32.4. The van der Waals surface area contributed by atoms with Gasteiger partial charge >= 0.3 is 0 Å². The molecule has 0 radical (unpaired) electrons. The smallest absolute Gasteiger partial charge is 0.243 e. The van der Waals surface area contributed by atoms with Crippen LogP contribution in [0.25, 0.3) is 17.1 Å². The number of nitrogens with one attached hydrogen (secondary N) is 1. The minimum Gasteiger partial charge on any atom is -0.494 e. The van der Waals surface area contributed by atoms with E-state index in [-0.39, 0.29) is 16.8 Å². The van der Waals surface area contributed by atoms with Crippen molar-refractivity contribution in [3.8, 4) is 28.6 Å². The van der Waals surface area contributed by atoms with E-state index in [9.17, 15) is 8.42 Å². The van der Waals surface area contributed by atoms with Crippen molar-refractivity contribution in [3.63, 3.8) is 0 Å². The number of anilines is 1. The summed E-state index contributed by atoms with van der Waals surface area (Å²) < 4.78 is 50.7. The molecule has 4 aromatic rings. The Morgan fingerprint density at radius 1 is 0.932 bits per heavy atom. The summed E-state index contributed by atoms with van der Waals surface area (Å²) >= 11 is 0. The number of hydrogen-bond acceptors (Lipinski definition) is 10. The second-order valence-electron chi connectivity index (χ2n) is 12.2. The van der Waals surface area contributed by atoms with Gasteiger partial charge < -0.3 is 13.9 Å². The highest BCUT2D eigenvalue weighted by molar-refractivity contribution is 7.93. The summed E-state index contributed by atoms with van der Waals surface area (Å²) in [6.07, 6.45) is 5.71. The van der Waals surface area contributed by atoms with Crippen LogP contribution in [0, 0.1) is 13.8 Å². The molecule has 44 heavy (non-hydrogen) atoms. The Morgan fingerprint density at radius 3 is 2.09 bits per heavy atom. The Bertz CT molecular complexity index is 1700. The van der Waals surface area contributed by atoms with Crippen LogP contribution in [0.15, 0.2) is 49.1 Å². The number of nitrogens with zero attached hydrogens (tertiary/aromatic N) is 6. The fourth-order valence-electron chi connectivity index (χ4n) is 4.26. The van der Waals surface area contributed by atoms with E-state index in [1.807, 2.05) is 19.9 Å². The van der Waals surface area contributed by atoms with Gasteiger partial charge in [-0.15, -0.1) is 10.2 Å². The summed E-state index contributed by atoms with van der Waals surface area (Å²) in [6.45, 7) is 15.8. The van der Waals surface area contributed by atoms with E-state index in [1.165, 1.54) is 14.2 Å². The Kier molecular flexibility index (Phi) is 9.47. The zero-order valence-electron chi connectivity index (χ0n) is 26.9. The molecule has 3 heterocycles. The Balaban J connectivity index is 1.86. The van der Waals surface area contributed by atoms with E-state index in [2.05, 4.69) is 63.7 Å². The molecule has 0 unspecified atom stereocenters. The maximum absolute atomic E-state index is 14.2. The van der Waals surface area contributed by atoms with Gasteiger partial charge in [0.25, 0.3) is 0 Å². The van der Waals surface area contributed by atoms with Gasteiger partial charge in [-0.3, -0.25) is 14.3 Å². The van der Waals surface area contributed by atoms with Gasteiger partial charge in [0, 0.05) is 30.4 Å². The van der Waals surface area contributed by atoms with Crippen LogP contribution in [0.1, 0.15) is 50.8 Å². The van der Waals surface area contributed by atoms with Crippen LogP contribution >= 0.6 is 0 Å². The van der Waals surface area contributed by atoms with E-state index in [1.54, 1.807) is 54.5 Å². The first kappa shape index (κ1) is 33.0. The molecule has 0 spiro atoms. The topological polar surface area (TPSA) is 143 Å². The van der Waals surface area contributed by atoms with Crippen molar-refractivity contribution in [2.45, 2.75) is 71.0 Å². The molecule has 3 aromatic heterocycles. The highest BCUT2D eigenvalue weighted by atomic mass is 32.2. The van der Waals surface area contributed by atoms with Crippen molar-refractivity contribution in [2.24, 2.45) is 0 Å². The predicted molar refractivity (Wildman–Crippen MR) is 172 cm³/mol. The van der Waals surface area contributed by atoms with Crippen molar-refractivity contribution in [1.29, 1.82) is 0 Å². The maximum Gasteiger partial charge on any atom is 0.243 e. The third-order valence-electron chi connectivity index (χ3n) is 7.85. The molecular formula is C30H41N7O5SSi. The average molecular weight is 640 g/mol. The molecule has 0 aliphatic carbocycles. The van der Waals surface area contributed by atoms with Crippen LogP contribution in [-0.4, -0.2) is 65.9 Å². The first-order valence-corrected chi connectivity index (χ1v) is 18.6. The predicted octanol–water partition coefficient (Wildman–Crippen LogP) is 5.65. The van der Waals surface area contributed by atoms with Gasteiger partial charge in [-0.2, -0.15) is 0 Å². The zero-order valence-corrected chi connectivity index (χ0v) is 28.7. The summed E-state index contributed by atoms with van der Waals surface area (Å²) in [6, 6.07) is 7.15. The summed E-state index contributed by atoms with van der Waals surface area (Å²) in [7, 11) is -3.62. The highest BCUT2D eigenvalue weighted by Gasteiger charge is 2.44. The number of hydrogen-bond donors (Lipinski definition) is 1. The highest BCUT2D eigenvalue weighted by Crippen LogP contribution is 2.42. The summed E-state index contributed by atoms with van der Waals surface area (Å²) in [5, 5.41) is 7.38. The van der Waals surface area contributed by atoms with Crippen molar-refractivity contribution in [1.82, 2.24) is 29.7 Å². The molecule has 0 amide bonds. The monoisotopic (exact) mass is 639 g/mol. The third-order valence-corrected chi connectivity index (χ3v) is 14.0. The number of aryl methyl sites for hydroxylation is 2. The lowest BCUT2D eigenvalue weighted by molar-refractivity contribution is 0.172. The van der Waals surface area contributed by atoms with E-state index in [0.717, 1.165) is 11.1 Å². The van der Waals surface area contributed by atoms with Crippen LogP contribution in [-0.2, 0) is 14.4 Å². The third kappa shape index (κ3) is 6.76. The Morgan fingerprint density at radius 2 is 1.55 bits per heavy atom. The van der Waals surface area contributed by atoms with Gasteiger partial charge in [-0.05, 0) is 68.2 Å². The molecular weight excluding hydrogens is 599 g/mol. The molecule has 0 aliphatic heterocycles. The van der Waals surface area contributed by atoms with Crippen molar-refractivity contribution in [3.05, 3.63) is 66.0 Å². The van der Waals surface area contributed by atoms with Crippen LogP contribution in [0.2, 0.25) is 18.1 Å². The standard InChI is InChI=1S/C30H41N7O5SSi/c1-19-14-22(18-31-15-19)28-34-35-29(37(28)25-23(40-7)12-11-13-24(25)41-8)36-43(38,39)21(3)26(27-32-16-20(2)17-33-27)42-44(9,10)30(4,5)6/h11-18,21,26H,1-10H3,(H,35,36)/t21-,26+/m1/s1. The number of methoxy groups -OCH3 is 2. The second kappa shape index (κ2) is 12.6. The number of rotatable bonds is 11. The maximum atomic E-state index is 14.2. The van der Waals surface area contributed by atoms with Gasteiger partial charge in [0.05, 0.1) is 14.2 Å². The minimum absolute atomic E-state index is 0.0629. The lowest BCUT2D eigenvalue weighted by Gasteiger charge is -2.40. The average Bonchev–Trinajstić information content (AvgIpc) is 3.37. The van der Waals surface area contributed by atoms with E-state index < -0.39 is 29.7 Å². The Hall–Kier alpha value is -3.88. The fraction of sp³-hybridized carbons (Fsp3) is 0.433. The molecule has 1 aromatic carbocycles. The number of aromatic nitrogens is 6. The van der Waals surface area contributed by atoms with E-state index >= 15 is 0 Å². The van der Waals surface area contributed by atoms with Gasteiger partial charge in [0.2, 0.25) is 16.0 Å². The number of pyridine rings is 1. The molecule has 2 atom stereocenters. The van der Waals surface area contributed by atoms with Gasteiger partial charge in [0.1, 0.15) is 28.5 Å². The van der Waals surface area contributed by atoms with Crippen molar-refractivity contribution < 1.29 is 22.3 Å². The summed E-state index contributed by atoms with van der Waals surface area (Å²) in [4.78, 5) is 13.2. The minimum atomic E-state index is -4.19. The Labute approximate surface area is 260 Å². The molecule has 0 saturated heterocycles. The van der Waals surface area contributed by atoms with Crippen LogP contribution in [0.5, 0.6) is 11.5 Å². The fourth-order valence-corrected chi connectivity index (χ4v) is 6.74. The molecule has 12 nitrogen and oxygen atoms in total. The molecule has 1 N–H and O–H groups in total. The number of sulfonamides is 1. The number of benzene rings is 1. The van der Waals surface area contributed by atoms with Gasteiger partial charge in [-0.25, -0.2) is 18.4 Å². The van der Waals surface area contributed by atoms with Crippen molar-refractivity contribution in [2.75, 3.05) is 18.9 Å². The molecule has 0 bridgehead atoms. The van der Waals surface area contributed by atoms with Gasteiger partial charge in [0.15, 0.2) is 20.0 Å². The van der Waals surface area contributed by atoms with E-state index in [4.69, 9.17) is 13.9 Å². The van der Waals surface area contributed by atoms with E-state index in [0.29, 0.717) is 28.6 Å².